The fraction of sp³-hybridized carbons (Fsp3) is 0.571. The van der Waals surface area contributed by atoms with Gasteiger partial charge >= 0.3 is 0 Å². The largest absolute Gasteiger partial charge is 0.495 e. The Morgan fingerprint density at radius 2 is 2.10 bits per heavy atom. The van der Waals surface area contributed by atoms with Crippen molar-refractivity contribution in [1.82, 2.24) is 4.31 Å². The maximum atomic E-state index is 12.8. The summed E-state index contributed by atoms with van der Waals surface area (Å²) in [6.45, 7) is 4.23. The van der Waals surface area contributed by atoms with Crippen LogP contribution in [0.4, 0.5) is 0 Å². The molecule has 2 atom stereocenters. The van der Waals surface area contributed by atoms with Crippen LogP contribution < -0.4 is 10.5 Å². The molecule has 1 saturated heterocycles. The molecule has 112 valence electrons. The molecule has 1 aromatic carbocycles. The van der Waals surface area contributed by atoms with Crippen LogP contribution in [0.3, 0.4) is 0 Å². The van der Waals surface area contributed by atoms with E-state index in [4.69, 9.17) is 10.5 Å². The van der Waals surface area contributed by atoms with Crippen molar-refractivity contribution in [3.8, 4) is 5.75 Å². The highest BCUT2D eigenvalue weighted by atomic mass is 32.2. The zero-order valence-corrected chi connectivity index (χ0v) is 13.0. The van der Waals surface area contributed by atoms with Gasteiger partial charge in [-0.3, -0.25) is 0 Å². The van der Waals surface area contributed by atoms with E-state index >= 15 is 0 Å². The number of benzene rings is 1. The van der Waals surface area contributed by atoms with Gasteiger partial charge in [0.25, 0.3) is 0 Å². The van der Waals surface area contributed by atoms with Gasteiger partial charge in [-0.25, -0.2) is 8.42 Å². The SMILES string of the molecule is COc1ccc(C)cc1S(=O)(=O)N1CCC(N)CC1C. The van der Waals surface area contributed by atoms with Crippen LogP contribution in [0.25, 0.3) is 0 Å². The van der Waals surface area contributed by atoms with E-state index in [1.165, 1.54) is 11.4 Å². The summed E-state index contributed by atoms with van der Waals surface area (Å²) < 4.78 is 32.4. The van der Waals surface area contributed by atoms with Gasteiger partial charge in [0, 0.05) is 18.6 Å². The second-order valence-electron chi connectivity index (χ2n) is 5.40. The zero-order chi connectivity index (χ0) is 14.9. The van der Waals surface area contributed by atoms with Gasteiger partial charge in [-0.1, -0.05) is 6.07 Å². The molecule has 0 spiro atoms. The van der Waals surface area contributed by atoms with E-state index in [9.17, 15) is 8.42 Å². The Morgan fingerprint density at radius 3 is 2.70 bits per heavy atom. The normalized spacial score (nSPS) is 24.6. The van der Waals surface area contributed by atoms with Crippen molar-refractivity contribution >= 4 is 10.0 Å². The van der Waals surface area contributed by atoms with Crippen LogP contribution in [-0.4, -0.2) is 38.5 Å². The number of piperidine rings is 1. The third-order valence-electron chi connectivity index (χ3n) is 3.76. The number of rotatable bonds is 3. The van der Waals surface area contributed by atoms with Crippen LogP contribution >= 0.6 is 0 Å². The Kier molecular flexibility index (Phi) is 4.36. The molecule has 5 nitrogen and oxygen atoms in total. The molecule has 0 aliphatic carbocycles. The topological polar surface area (TPSA) is 72.6 Å². The molecule has 1 aliphatic rings. The highest BCUT2D eigenvalue weighted by Crippen LogP contribution is 2.31. The van der Waals surface area contributed by atoms with Crippen LogP contribution in [0.2, 0.25) is 0 Å². The number of aryl methyl sites for hydroxylation is 1. The molecule has 1 fully saturated rings. The Balaban J connectivity index is 2.42. The van der Waals surface area contributed by atoms with Crippen molar-refractivity contribution in [2.24, 2.45) is 5.73 Å². The Bertz CT molecular complexity index is 586. The number of nitrogens with zero attached hydrogens (tertiary/aromatic N) is 1. The lowest BCUT2D eigenvalue weighted by Crippen LogP contribution is -2.48. The van der Waals surface area contributed by atoms with Gasteiger partial charge in [-0.05, 0) is 44.4 Å². The van der Waals surface area contributed by atoms with Crippen LogP contribution in [0.15, 0.2) is 23.1 Å². The predicted molar refractivity (Wildman–Crippen MR) is 78.3 cm³/mol. The molecule has 2 unspecified atom stereocenters. The minimum absolute atomic E-state index is 0.0795. The van der Waals surface area contributed by atoms with Crippen molar-refractivity contribution in [2.45, 2.75) is 43.7 Å². The highest BCUT2D eigenvalue weighted by molar-refractivity contribution is 7.89. The van der Waals surface area contributed by atoms with Crippen LogP contribution in [0.1, 0.15) is 25.3 Å². The maximum absolute atomic E-state index is 12.8. The second-order valence-corrected chi connectivity index (χ2v) is 7.26. The molecule has 0 aromatic heterocycles. The van der Waals surface area contributed by atoms with Gasteiger partial charge < -0.3 is 10.5 Å². The Labute approximate surface area is 120 Å². The van der Waals surface area contributed by atoms with Gasteiger partial charge in [0.05, 0.1) is 7.11 Å². The fourth-order valence-electron chi connectivity index (χ4n) is 2.66. The summed E-state index contributed by atoms with van der Waals surface area (Å²) in [7, 11) is -2.06. The van der Waals surface area contributed by atoms with Crippen LogP contribution in [-0.2, 0) is 10.0 Å². The summed E-state index contributed by atoms with van der Waals surface area (Å²) in [6.07, 6.45) is 1.38. The number of ether oxygens (including phenoxy) is 1. The lowest BCUT2D eigenvalue weighted by atomic mass is 10.0. The second kappa shape index (κ2) is 5.71. The summed E-state index contributed by atoms with van der Waals surface area (Å²) in [5, 5.41) is 0. The van der Waals surface area contributed by atoms with Crippen molar-refractivity contribution in [2.75, 3.05) is 13.7 Å². The van der Waals surface area contributed by atoms with Crippen LogP contribution in [0, 0.1) is 6.92 Å². The fourth-order valence-corrected chi connectivity index (χ4v) is 4.55. The van der Waals surface area contributed by atoms with Crippen molar-refractivity contribution in [3.63, 3.8) is 0 Å². The monoisotopic (exact) mass is 298 g/mol. The molecule has 2 rings (SSSR count). The van der Waals surface area contributed by atoms with Crippen LogP contribution in [0.5, 0.6) is 5.75 Å². The first kappa shape index (κ1) is 15.3. The van der Waals surface area contributed by atoms with E-state index in [1.54, 1.807) is 12.1 Å². The summed E-state index contributed by atoms with van der Waals surface area (Å²) in [6, 6.07) is 5.19. The van der Waals surface area contributed by atoms with Gasteiger partial charge in [-0.15, -0.1) is 0 Å². The predicted octanol–water partition coefficient (Wildman–Crippen LogP) is 1.50. The third-order valence-corrected chi connectivity index (χ3v) is 5.80. The zero-order valence-electron chi connectivity index (χ0n) is 12.2. The van der Waals surface area contributed by atoms with E-state index in [0.29, 0.717) is 25.1 Å². The molecule has 2 N–H and O–H groups in total. The quantitative estimate of drug-likeness (QED) is 0.918. The molecule has 0 saturated carbocycles. The van der Waals surface area contributed by atoms with Gasteiger partial charge in [0.1, 0.15) is 10.6 Å². The number of nitrogens with two attached hydrogens (primary N) is 1. The van der Waals surface area contributed by atoms with Crippen molar-refractivity contribution in [1.29, 1.82) is 0 Å². The molecule has 0 amide bonds. The van der Waals surface area contributed by atoms with E-state index in [-0.39, 0.29) is 17.0 Å². The molecular weight excluding hydrogens is 276 g/mol. The van der Waals surface area contributed by atoms with Crippen molar-refractivity contribution in [3.05, 3.63) is 23.8 Å². The minimum Gasteiger partial charge on any atom is -0.495 e. The number of methoxy groups -OCH3 is 1. The maximum Gasteiger partial charge on any atom is 0.247 e. The standard InChI is InChI=1S/C14H22N2O3S/c1-10-4-5-13(19-3)14(8-10)20(17,18)16-7-6-12(15)9-11(16)2/h4-5,8,11-12H,6-7,9,15H2,1-3H3. The molecule has 20 heavy (non-hydrogen) atoms. The lowest BCUT2D eigenvalue weighted by Gasteiger charge is -2.35. The van der Waals surface area contributed by atoms with Gasteiger partial charge in [0.2, 0.25) is 10.0 Å². The van der Waals surface area contributed by atoms with E-state index in [1.807, 2.05) is 19.9 Å². The highest BCUT2D eigenvalue weighted by Gasteiger charge is 2.35. The summed E-state index contributed by atoms with van der Waals surface area (Å²) in [5.41, 5.74) is 6.80. The Hall–Kier alpha value is -1.11. The average Bonchev–Trinajstić information content (AvgIpc) is 2.38. The summed E-state index contributed by atoms with van der Waals surface area (Å²) in [5.74, 6) is 0.387. The molecule has 6 heteroatoms. The number of hydrogen-bond donors (Lipinski definition) is 1. The summed E-state index contributed by atoms with van der Waals surface area (Å²) in [4.78, 5) is 0.238. The molecule has 0 bridgehead atoms. The first-order chi connectivity index (χ1) is 9.36. The molecule has 0 radical (unpaired) electrons. The van der Waals surface area contributed by atoms with Gasteiger partial charge in [-0.2, -0.15) is 4.31 Å². The lowest BCUT2D eigenvalue weighted by molar-refractivity contribution is 0.246. The first-order valence-electron chi connectivity index (χ1n) is 6.78. The smallest absolute Gasteiger partial charge is 0.247 e. The molecule has 1 aliphatic heterocycles. The minimum atomic E-state index is -3.55. The molecule has 1 heterocycles. The average molecular weight is 298 g/mol. The Morgan fingerprint density at radius 1 is 1.40 bits per heavy atom. The van der Waals surface area contributed by atoms with E-state index in [2.05, 4.69) is 0 Å². The summed E-state index contributed by atoms with van der Waals surface area (Å²) >= 11 is 0. The van der Waals surface area contributed by atoms with E-state index in [0.717, 1.165) is 5.56 Å². The molecular formula is C14H22N2O3S. The van der Waals surface area contributed by atoms with Crippen molar-refractivity contribution < 1.29 is 13.2 Å². The van der Waals surface area contributed by atoms with E-state index < -0.39 is 10.0 Å². The first-order valence-corrected chi connectivity index (χ1v) is 8.22. The van der Waals surface area contributed by atoms with Gasteiger partial charge in [0.15, 0.2) is 0 Å². The third kappa shape index (κ3) is 2.82. The molecule has 1 aromatic rings. The number of sulfonamides is 1. The number of hydrogen-bond acceptors (Lipinski definition) is 4.